The maximum Gasteiger partial charge on any atom is 0.416 e. The van der Waals surface area contributed by atoms with E-state index < -0.39 is 28.3 Å². The molecule has 0 fully saturated rings. The Balaban J connectivity index is 1.80. The second kappa shape index (κ2) is 11.2. The molecule has 9 nitrogen and oxygen atoms in total. The first kappa shape index (κ1) is 26.0. The molecule has 0 saturated carbocycles. The lowest BCUT2D eigenvalue weighted by Gasteiger charge is -2.13. The lowest BCUT2D eigenvalue weighted by molar-refractivity contribution is -0.385. The maximum absolute atomic E-state index is 13.0. The lowest BCUT2D eigenvalue weighted by atomic mass is 10.1. The number of hydrazone groups is 1. The number of carbonyl (C=O) groups is 1. The van der Waals surface area contributed by atoms with Crippen molar-refractivity contribution in [2.24, 2.45) is 5.10 Å². The van der Waals surface area contributed by atoms with E-state index in [-0.39, 0.29) is 23.9 Å². The molecule has 0 saturated heterocycles. The first-order chi connectivity index (χ1) is 17.1. The largest absolute Gasteiger partial charge is 0.497 e. The van der Waals surface area contributed by atoms with Crippen LogP contribution in [0.5, 0.6) is 23.0 Å². The summed E-state index contributed by atoms with van der Waals surface area (Å²) in [6, 6.07) is 12.9. The van der Waals surface area contributed by atoms with Gasteiger partial charge >= 0.3 is 11.9 Å². The summed E-state index contributed by atoms with van der Waals surface area (Å²) in [7, 11) is 1.48. The molecule has 3 aromatic rings. The Morgan fingerprint density at radius 3 is 2.50 bits per heavy atom. The van der Waals surface area contributed by atoms with E-state index >= 15 is 0 Å². The number of methoxy groups -OCH3 is 1. The first-order valence-corrected chi connectivity index (χ1v) is 10.4. The van der Waals surface area contributed by atoms with E-state index in [1.165, 1.54) is 31.5 Å². The van der Waals surface area contributed by atoms with Gasteiger partial charge in [-0.15, -0.1) is 0 Å². The number of benzene rings is 3. The van der Waals surface area contributed by atoms with E-state index in [1.54, 1.807) is 31.2 Å². The van der Waals surface area contributed by atoms with Gasteiger partial charge in [0.1, 0.15) is 5.75 Å². The summed E-state index contributed by atoms with van der Waals surface area (Å²) in [6.45, 7) is 1.90. The number of hydrogen-bond donors (Lipinski definition) is 1. The number of nitro groups is 1. The van der Waals surface area contributed by atoms with E-state index in [9.17, 15) is 28.1 Å². The molecule has 0 atom stereocenters. The predicted molar refractivity (Wildman–Crippen MR) is 124 cm³/mol. The van der Waals surface area contributed by atoms with Gasteiger partial charge in [0.15, 0.2) is 11.5 Å². The topological polar surface area (TPSA) is 112 Å². The van der Waals surface area contributed by atoms with E-state index in [2.05, 4.69) is 10.5 Å². The van der Waals surface area contributed by atoms with Gasteiger partial charge < -0.3 is 14.2 Å². The van der Waals surface area contributed by atoms with Crippen molar-refractivity contribution < 1.29 is 37.1 Å². The molecule has 3 rings (SSSR count). The third-order valence-electron chi connectivity index (χ3n) is 4.68. The Morgan fingerprint density at radius 1 is 1.08 bits per heavy atom. The highest BCUT2D eigenvalue weighted by Gasteiger charge is 2.33. The second-order valence-corrected chi connectivity index (χ2v) is 7.11. The van der Waals surface area contributed by atoms with Gasteiger partial charge in [0.25, 0.3) is 5.91 Å². The van der Waals surface area contributed by atoms with Crippen LogP contribution in [0, 0.1) is 10.1 Å². The van der Waals surface area contributed by atoms with Gasteiger partial charge in [-0.05, 0) is 61.0 Å². The highest BCUT2D eigenvalue weighted by molar-refractivity contribution is 5.95. The summed E-state index contributed by atoms with van der Waals surface area (Å²) >= 11 is 0. The molecule has 0 spiro atoms. The van der Waals surface area contributed by atoms with Gasteiger partial charge in [0, 0.05) is 11.6 Å². The summed E-state index contributed by atoms with van der Waals surface area (Å²) in [6.07, 6.45) is -3.41. The molecule has 36 heavy (non-hydrogen) atoms. The molecular weight excluding hydrogens is 483 g/mol. The minimum Gasteiger partial charge on any atom is -0.497 e. The first-order valence-electron chi connectivity index (χ1n) is 10.4. The van der Waals surface area contributed by atoms with Gasteiger partial charge in [-0.2, -0.15) is 18.3 Å². The Hall–Kier alpha value is -4.61. The van der Waals surface area contributed by atoms with Gasteiger partial charge in [-0.25, -0.2) is 5.43 Å². The zero-order chi connectivity index (χ0) is 26.3. The van der Waals surface area contributed by atoms with Gasteiger partial charge in [-0.3, -0.25) is 14.9 Å². The fourth-order valence-corrected chi connectivity index (χ4v) is 2.99. The molecule has 0 aliphatic carbocycles. The number of nitrogens with one attached hydrogen (secondary N) is 1. The number of alkyl halides is 3. The van der Waals surface area contributed by atoms with Gasteiger partial charge in [0.2, 0.25) is 5.75 Å². The molecule has 0 heterocycles. The van der Waals surface area contributed by atoms with Crippen molar-refractivity contribution in [2.45, 2.75) is 13.1 Å². The molecule has 0 aromatic heterocycles. The number of hydrogen-bond acceptors (Lipinski definition) is 7. The average Bonchev–Trinajstić information content (AvgIpc) is 2.85. The minimum absolute atomic E-state index is 0.0391. The molecule has 1 N–H and O–H groups in total. The summed E-state index contributed by atoms with van der Waals surface area (Å²) in [5.41, 5.74) is 1.18. The predicted octanol–water partition coefficient (Wildman–Crippen LogP) is 5.58. The smallest absolute Gasteiger partial charge is 0.416 e. The molecule has 0 aliphatic rings. The van der Waals surface area contributed by atoms with Crippen molar-refractivity contribution in [3.05, 3.63) is 87.5 Å². The summed E-state index contributed by atoms with van der Waals surface area (Å²) in [4.78, 5) is 22.6. The lowest BCUT2D eigenvalue weighted by Crippen LogP contribution is -2.17. The third kappa shape index (κ3) is 6.50. The molecule has 3 aromatic carbocycles. The monoisotopic (exact) mass is 503 g/mol. The molecule has 0 radical (unpaired) electrons. The van der Waals surface area contributed by atoms with Crippen molar-refractivity contribution in [1.29, 1.82) is 0 Å². The number of nitrogens with zero attached hydrogens (tertiary/aromatic N) is 2. The zero-order valence-corrected chi connectivity index (χ0v) is 19.0. The number of rotatable bonds is 9. The van der Waals surface area contributed by atoms with Crippen molar-refractivity contribution in [2.75, 3.05) is 13.7 Å². The van der Waals surface area contributed by atoms with Crippen LogP contribution in [0.2, 0.25) is 0 Å². The van der Waals surface area contributed by atoms with Crippen LogP contribution in [0.15, 0.2) is 65.8 Å². The van der Waals surface area contributed by atoms with Crippen LogP contribution in [0.3, 0.4) is 0 Å². The number of ether oxygens (including phenoxy) is 3. The van der Waals surface area contributed by atoms with Crippen molar-refractivity contribution in [3.8, 4) is 23.0 Å². The number of carbonyl (C=O) groups excluding carboxylic acids is 1. The van der Waals surface area contributed by atoms with Crippen molar-refractivity contribution in [1.82, 2.24) is 5.43 Å². The van der Waals surface area contributed by atoms with Gasteiger partial charge in [-0.1, -0.05) is 6.07 Å². The van der Waals surface area contributed by atoms with Crippen LogP contribution in [-0.4, -0.2) is 30.8 Å². The van der Waals surface area contributed by atoms with Crippen LogP contribution >= 0.6 is 0 Å². The summed E-state index contributed by atoms with van der Waals surface area (Å²) < 4.78 is 55.0. The Morgan fingerprint density at radius 2 is 1.83 bits per heavy atom. The summed E-state index contributed by atoms with van der Waals surface area (Å²) in [5, 5.41) is 15.2. The number of halogens is 3. The molecule has 0 unspecified atom stereocenters. The second-order valence-electron chi connectivity index (χ2n) is 7.11. The minimum atomic E-state index is -4.75. The highest BCUT2D eigenvalue weighted by atomic mass is 19.4. The standard InChI is InChI=1S/C24H20F3N3O6/c1-3-35-22-11-15(14-28-29-23(31)16-5-4-6-18(12-16)34-2)7-9-21(22)36-20-10-8-17(24(25,26)27)13-19(20)30(32)33/h4-14H,3H2,1-2H3,(H,29,31)/b28-14+. The molecular formula is C24H20F3N3O6. The summed E-state index contributed by atoms with van der Waals surface area (Å²) in [5.74, 6) is -0.144. The zero-order valence-electron chi connectivity index (χ0n) is 19.0. The number of amides is 1. The van der Waals surface area contributed by atoms with Crippen LogP contribution in [0.25, 0.3) is 0 Å². The van der Waals surface area contributed by atoms with Crippen LogP contribution in [0.4, 0.5) is 18.9 Å². The van der Waals surface area contributed by atoms with Gasteiger partial charge in [0.05, 0.1) is 30.4 Å². The van der Waals surface area contributed by atoms with E-state index in [4.69, 9.17) is 14.2 Å². The molecule has 0 aliphatic heterocycles. The Kier molecular flexibility index (Phi) is 8.10. The van der Waals surface area contributed by atoms with Crippen LogP contribution < -0.4 is 19.6 Å². The highest BCUT2D eigenvalue weighted by Crippen LogP contribution is 2.40. The van der Waals surface area contributed by atoms with E-state index in [1.807, 2.05) is 0 Å². The maximum atomic E-state index is 13.0. The van der Waals surface area contributed by atoms with Crippen LogP contribution in [0.1, 0.15) is 28.4 Å². The quantitative estimate of drug-likeness (QED) is 0.232. The molecule has 1 amide bonds. The number of nitro benzene ring substituents is 1. The van der Waals surface area contributed by atoms with E-state index in [0.717, 1.165) is 6.07 Å². The molecule has 12 heteroatoms. The van der Waals surface area contributed by atoms with E-state index in [0.29, 0.717) is 29.0 Å². The van der Waals surface area contributed by atoms with Crippen molar-refractivity contribution >= 4 is 17.8 Å². The Bertz CT molecular complexity index is 1290. The Labute approximate surface area is 203 Å². The fraction of sp³-hybridized carbons (Fsp3) is 0.167. The normalized spacial score (nSPS) is 11.2. The van der Waals surface area contributed by atoms with Crippen LogP contribution in [-0.2, 0) is 6.18 Å². The molecule has 0 bridgehead atoms. The fourth-order valence-electron chi connectivity index (χ4n) is 2.99. The molecule has 188 valence electrons. The third-order valence-corrected chi connectivity index (χ3v) is 4.68. The average molecular weight is 503 g/mol. The SMILES string of the molecule is CCOc1cc(/C=N/NC(=O)c2cccc(OC)c2)ccc1Oc1ccc(C(F)(F)F)cc1[N+](=O)[O-]. The van der Waals surface area contributed by atoms with Crippen molar-refractivity contribution in [3.63, 3.8) is 0 Å².